The molecule has 0 radical (unpaired) electrons. The van der Waals surface area contributed by atoms with E-state index in [1.807, 2.05) is 26.0 Å². The summed E-state index contributed by atoms with van der Waals surface area (Å²) in [5.74, 6) is 0.471. The third-order valence-electron chi connectivity index (χ3n) is 3.18. The van der Waals surface area contributed by atoms with Crippen molar-refractivity contribution in [3.63, 3.8) is 0 Å². The van der Waals surface area contributed by atoms with Gasteiger partial charge >= 0.3 is 0 Å². The van der Waals surface area contributed by atoms with Gasteiger partial charge in [-0.3, -0.25) is 4.98 Å². The van der Waals surface area contributed by atoms with Crippen molar-refractivity contribution in [3.8, 4) is 0 Å². The quantitative estimate of drug-likeness (QED) is 0.779. The molecule has 0 saturated heterocycles. The standard InChI is InChI=1S/C12H17NO/c1-8-6-7-11(9(2)13-8)12(14)10-4-3-5-10/h6-7,10,12,14H,3-5H2,1-2H3. The second kappa shape index (κ2) is 3.70. The summed E-state index contributed by atoms with van der Waals surface area (Å²) in [7, 11) is 0. The lowest BCUT2D eigenvalue weighted by Crippen LogP contribution is -2.21. The van der Waals surface area contributed by atoms with E-state index >= 15 is 0 Å². The molecule has 1 aromatic heterocycles. The molecule has 1 fully saturated rings. The zero-order chi connectivity index (χ0) is 10.1. The number of aliphatic hydroxyl groups excluding tert-OH is 1. The highest BCUT2D eigenvalue weighted by Crippen LogP contribution is 2.38. The van der Waals surface area contributed by atoms with E-state index in [4.69, 9.17) is 0 Å². The van der Waals surface area contributed by atoms with E-state index in [9.17, 15) is 5.11 Å². The van der Waals surface area contributed by atoms with Crippen LogP contribution in [0.1, 0.15) is 42.3 Å². The smallest absolute Gasteiger partial charge is 0.0835 e. The lowest BCUT2D eigenvalue weighted by Gasteiger charge is -2.31. The molecule has 1 atom stereocenters. The van der Waals surface area contributed by atoms with Crippen LogP contribution in [-0.2, 0) is 0 Å². The van der Waals surface area contributed by atoms with Crippen molar-refractivity contribution in [1.29, 1.82) is 0 Å². The van der Waals surface area contributed by atoms with E-state index in [0.29, 0.717) is 5.92 Å². The number of aromatic nitrogens is 1. The zero-order valence-corrected chi connectivity index (χ0v) is 8.83. The van der Waals surface area contributed by atoms with Crippen molar-refractivity contribution in [2.45, 2.75) is 39.2 Å². The molecule has 0 spiro atoms. The summed E-state index contributed by atoms with van der Waals surface area (Å²) in [6, 6.07) is 3.99. The highest BCUT2D eigenvalue weighted by Gasteiger charge is 2.27. The number of nitrogens with zero attached hydrogens (tertiary/aromatic N) is 1. The number of aliphatic hydroxyl groups is 1. The van der Waals surface area contributed by atoms with E-state index < -0.39 is 0 Å². The largest absolute Gasteiger partial charge is 0.388 e. The number of hydrogen-bond acceptors (Lipinski definition) is 2. The van der Waals surface area contributed by atoms with Gasteiger partial charge in [0.05, 0.1) is 6.10 Å². The molecule has 2 heteroatoms. The van der Waals surface area contributed by atoms with Crippen LogP contribution in [0.4, 0.5) is 0 Å². The summed E-state index contributed by atoms with van der Waals surface area (Å²) in [5.41, 5.74) is 3.01. The fraction of sp³-hybridized carbons (Fsp3) is 0.583. The van der Waals surface area contributed by atoms with Crippen molar-refractivity contribution >= 4 is 0 Å². The molecule has 0 aliphatic heterocycles. The third-order valence-corrected chi connectivity index (χ3v) is 3.18. The fourth-order valence-corrected chi connectivity index (χ4v) is 2.02. The van der Waals surface area contributed by atoms with E-state index in [1.54, 1.807) is 0 Å². The molecule has 2 rings (SSSR count). The number of rotatable bonds is 2. The number of pyridine rings is 1. The van der Waals surface area contributed by atoms with Crippen LogP contribution < -0.4 is 0 Å². The van der Waals surface area contributed by atoms with Gasteiger partial charge in [-0.25, -0.2) is 0 Å². The van der Waals surface area contributed by atoms with Crippen LogP contribution >= 0.6 is 0 Å². The minimum atomic E-state index is -0.295. The molecule has 1 aliphatic rings. The summed E-state index contributed by atoms with van der Waals surface area (Å²) in [6.45, 7) is 3.96. The van der Waals surface area contributed by atoms with Gasteiger partial charge in [0.25, 0.3) is 0 Å². The summed E-state index contributed by atoms with van der Waals surface area (Å²) in [4.78, 5) is 4.38. The van der Waals surface area contributed by atoms with Crippen molar-refractivity contribution in [2.24, 2.45) is 5.92 Å². The maximum atomic E-state index is 10.1. The molecule has 76 valence electrons. The Bertz CT molecular complexity index is 331. The normalized spacial score (nSPS) is 19.1. The van der Waals surface area contributed by atoms with E-state index in [-0.39, 0.29) is 6.10 Å². The molecule has 1 aromatic rings. The first-order valence-corrected chi connectivity index (χ1v) is 5.30. The van der Waals surface area contributed by atoms with Crippen LogP contribution in [0.3, 0.4) is 0 Å². The average molecular weight is 191 g/mol. The maximum absolute atomic E-state index is 10.1. The summed E-state index contributed by atoms with van der Waals surface area (Å²) in [6.07, 6.45) is 3.29. The molecule has 1 N–H and O–H groups in total. The molecule has 0 aromatic carbocycles. The van der Waals surface area contributed by atoms with Crippen LogP contribution in [0.15, 0.2) is 12.1 Å². The fourth-order valence-electron chi connectivity index (χ4n) is 2.02. The van der Waals surface area contributed by atoms with Crippen molar-refractivity contribution in [3.05, 3.63) is 29.1 Å². The molecular formula is C12H17NO. The Morgan fingerprint density at radius 2 is 2.07 bits per heavy atom. The van der Waals surface area contributed by atoms with Gasteiger partial charge in [0.1, 0.15) is 0 Å². The highest BCUT2D eigenvalue weighted by atomic mass is 16.3. The van der Waals surface area contributed by atoms with Gasteiger partial charge in [0, 0.05) is 17.0 Å². The van der Waals surface area contributed by atoms with Gasteiger partial charge in [0.2, 0.25) is 0 Å². The Morgan fingerprint density at radius 3 is 2.57 bits per heavy atom. The number of hydrogen-bond donors (Lipinski definition) is 1. The van der Waals surface area contributed by atoms with Crippen LogP contribution in [0, 0.1) is 19.8 Å². The molecular weight excluding hydrogens is 174 g/mol. The van der Waals surface area contributed by atoms with Crippen LogP contribution in [-0.4, -0.2) is 10.1 Å². The monoisotopic (exact) mass is 191 g/mol. The van der Waals surface area contributed by atoms with Gasteiger partial charge in [-0.1, -0.05) is 12.5 Å². The predicted octanol–water partition coefficient (Wildman–Crippen LogP) is 2.53. The van der Waals surface area contributed by atoms with E-state index in [1.165, 1.54) is 6.42 Å². The van der Waals surface area contributed by atoms with Crippen LogP contribution in [0.5, 0.6) is 0 Å². The second-order valence-electron chi connectivity index (χ2n) is 4.26. The van der Waals surface area contributed by atoms with E-state index in [2.05, 4.69) is 4.98 Å². The molecule has 0 amide bonds. The van der Waals surface area contributed by atoms with Gasteiger partial charge in [-0.05, 0) is 38.7 Å². The molecule has 1 saturated carbocycles. The molecule has 1 aliphatic carbocycles. The second-order valence-corrected chi connectivity index (χ2v) is 4.26. The highest BCUT2D eigenvalue weighted by molar-refractivity contribution is 5.24. The SMILES string of the molecule is Cc1ccc(C(O)C2CCC2)c(C)n1. The van der Waals surface area contributed by atoms with Gasteiger partial charge < -0.3 is 5.11 Å². The predicted molar refractivity (Wildman–Crippen MR) is 56.0 cm³/mol. The average Bonchev–Trinajstić information content (AvgIpc) is 2.00. The summed E-state index contributed by atoms with van der Waals surface area (Å²) >= 11 is 0. The Balaban J connectivity index is 2.22. The third kappa shape index (κ3) is 1.67. The molecule has 1 unspecified atom stereocenters. The van der Waals surface area contributed by atoms with E-state index in [0.717, 1.165) is 29.8 Å². The minimum absolute atomic E-state index is 0.295. The topological polar surface area (TPSA) is 33.1 Å². The Hall–Kier alpha value is -0.890. The van der Waals surface area contributed by atoms with Gasteiger partial charge in [-0.15, -0.1) is 0 Å². The molecule has 14 heavy (non-hydrogen) atoms. The Kier molecular flexibility index (Phi) is 2.55. The molecule has 0 bridgehead atoms. The lowest BCUT2D eigenvalue weighted by molar-refractivity contribution is 0.0613. The van der Waals surface area contributed by atoms with Gasteiger partial charge in [-0.2, -0.15) is 0 Å². The summed E-state index contributed by atoms with van der Waals surface area (Å²) in [5, 5.41) is 10.1. The number of aryl methyl sites for hydroxylation is 2. The first-order chi connectivity index (χ1) is 6.68. The van der Waals surface area contributed by atoms with Crippen molar-refractivity contribution in [1.82, 2.24) is 4.98 Å². The summed E-state index contributed by atoms with van der Waals surface area (Å²) < 4.78 is 0. The Morgan fingerprint density at radius 1 is 1.36 bits per heavy atom. The van der Waals surface area contributed by atoms with Crippen LogP contribution in [0.25, 0.3) is 0 Å². The Labute approximate surface area is 85.0 Å². The molecule has 2 nitrogen and oxygen atoms in total. The maximum Gasteiger partial charge on any atom is 0.0835 e. The first kappa shape index (κ1) is 9.66. The van der Waals surface area contributed by atoms with Gasteiger partial charge in [0.15, 0.2) is 0 Å². The lowest BCUT2D eigenvalue weighted by atomic mass is 9.78. The van der Waals surface area contributed by atoms with Crippen molar-refractivity contribution < 1.29 is 5.11 Å². The van der Waals surface area contributed by atoms with Crippen LogP contribution in [0.2, 0.25) is 0 Å². The first-order valence-electron chi connectivity index (χ1n) is 5.30. The molecule has 1 heterocycles. The van der Waals surface area contributed by atoms with Crippen molar-refractivity contribution in [2.75, 3.05) is 0 Å². The minimum Gasteiger partial charge on any atom is -0.388 e. The zero-order valence-electron chi connectivity index (χ0n) is 8.83.